The molecule has 0 atom stereocenters. The first-order valence-corrected chi connectivity index (χ1v) is 7.61. The van der Waals surface area contributed by atoms with Gasteiger partial charge in [-0.1, -0.05) is 18.2 Å². The third-order valence-electron chi connectivity index (χ3n) is 3.49. The molecule has 0 aliphatic carbocycles. The van der Waals surface area contributed by atoms with Crippen molar-refractivity contribution < 1.29 is 9.59 Å². The molecule has 1 heterocycles. The molecule has 0 bridgehead atoms. The van der Waals surface area contributed by atoms with Crippen LogP contribution in [-0.2, 0) is 4.79 Å². The number of anilines is 1. The van der Waals surface area contributed by atoms with Gasteiger partial charge in [0.2, 0.25) is 11.8 Å². The summed E-state index contributed by atoms with van der Waals surface area (Å²) >= 11 is 0. The summed E-state index contributed by atoms with van der Waals surface area (Å²) in [6.45, 7) is 0. The van der Waals surface area contributed by atoms with E-state index in [1.807, 2.05) is 36.5 Å². The van der Waals surface area contributed by atoms with Crippen LogP contribution in [0.4, 0.5) is 5.69 Å². The van der Waals surface area contributed by atoms with E-state index in [9.17, 15) is 9.59 Å². The minimum absolute atomic E-state index is 0.278. The molecule has 0 radical (unpaired) electrons. The fourth-order valence-electron chi connectivity index (χ4n) is 2.22. The molecule has 3 N–H and O–H groups in total. The van der Waals surface area contributed by atoms with Crippen LogP contribution in [0.1, 0.15) is 15.9 Å². The highest BCUT2D eigenvalue weighted by molar-refractivity contribution is 6.02. The fourth-order valence-corrected chi connectivity index (χ4v) is 2.22. The Labute approximate surface area is 144 Å². The van der Waals surface area contributed by atoms with E-state index in [4.69, 9.17) is 5.73 Å². The summed E-state index contributed by atoms with van der Waals surface area (Å²) in [4.78, 5) is 23.0. The molecule has 1 aromatic heterocycles. The first-order chi connectivity index (χ1) is 12.1. The molecule has 0 unspecified atom stereocenters. The van der Waals surface area contributed by atoms with Crippen LogP contribution in [0.5, 0.6) is 0 Å². The van der Waals surface area contributed by atoms with Crippen molar-refractivity contribution >= 4 is 23.6 Å². The van der Waals surface area contributed by atoms with Gasteiger partial charge < -0.3 is 11.1 Å². The maximum atomic E-state index is 12.0. The van der Waals surface area contributed by atoms with Gasteiger partial charge in [0.05, 0.1) is 11.9 Å². The largest absolute Gasteiger partial charge is 0.366 e. The molecule has 124 valence electrons. The number of hydrogen-bond acceptors (Lipinski definition) is 3. The minimum atomic E-state index is -0.506. The third-order valence-corrected chi connectivity index (χ3v) is 3.49. The van der Waals surface area contributed by atoms with Crippen molar-refractivity contribution in [3.63, 3.8) is 0 Å². The fraction of sp³-hybridized carbons (Fsp3) is 0. The van der Waals surface area contributed by atoms with Gasteiger partial charge in [0, 0.05) is 29.1 Å². The van der Waals surface area contributed by atoms with Gasteiger partial charge in [-0.05, 0) is 42.5 Å². The predicted molar refractivity (Wildman–Crippen MR) is 96.2 cm³/mol. The number of hydrogen-bond donors (Lipinski definition) is 2. The summed E-state index contributed by atoms with van der Waals surface area (Å²) in [5, 5.41) is 6.98. The number of carbonyl (C=O) groups is 2. The Morgan fingerprint density at radius 2 is 1.76 bits per heavy atom. The molecule has 25 heavy (non-hydrogen) atoms. The third kappa shape index (κ3) is 4.20. The summed E-state index contributed by atoms with van der Waals surface area (Å²) in [5.41, 5.74) is 7.90. The lowest BCUT2D eigenvalue weighted by atomic mass is 10.2. The van der Waals surface area contributed by atoms with Gasteiger partial charge >= 0.3 is 0 Å². The predicted octanol–water partition coefficient (Wildman–Crippen LogP) is 2.62. The van der Waals surface area contributed by atoms with Crippen molar-refractivity contribution in [2.45, 2.75) is 0 Å². The molecule has 2 aromatic carbocycles. The molecule has 6 heteroatoms. The number of para-hydroxylation sites is 1. The van der Waals surface area contributed by atoms with Gasteiger partial charge in [-0.2, -0.15) is 5.10 Å². The van der Waals surface area contributed by atoms with Gasteiger partial charge in [0.25, 0.3) is 0 Å². The minimum Gasteiger partial charge on any atom is -0.366 e. The van der Waals surface area contributed by atoms with Gasteiger partial charge in [0.15, 0.2) is 0 Å². The highest BCUT2D eigenvalue weighted by Gasteiger charge is 2.02. The second kappa shape index (κ2) is 7.27. The van der Waals surface area contributed by atoms with Crippen molar-refractivity contribution in [3.8, 4) is 5.69 Å². The van der Waals surface area contributed by atoms with Crippen LogP contribution in [0.2, 0.25) is 0 Å². The van der Waals surface area contributed by atoms with Gasteiger partial charge in [-0.3, -0.25) is 9.59 Å². The van der Waals surface area contributed by atoms with Crippen molar-refractivity contribution in [1.29, 1.82) is 0 Å². The number of primary amides is 1. The second-order valence-corrected chi connectivity index (χ2v) is 5.32. The summed E-state index contributed by atoms with van der Waals surface area (Å²) in [6.07, 6.45) is 6.62. The maximum Gasteiger partial charge on any atom is 0.248 e. The Morgan fingerprint density at radius 3 is 2.44 bits per heavy atom. The van der Waals surface area contributed by atoms with E-state index in [0.29, 0.717) is 11.3 Å². The van der Waals surface area contributed by atoms with Crippen LogP contribution in [0.3, 0.4) is 0 Å². The Bertz CT molecular complexity index is 912. The van der Waals surface area contributed by atoms with E-state index in [0.717, 1.165) is 11.3 Å². The van der Waals surface area contributed by atoms with Crippen LogP contribution in [-0.4, -0.2) is 21.6 Å². The summed E-state index contributed by atoms with van der Waals surface area (Å²) in [5.74, 6) is -0.785. The van der Waals surface area contributed by atoms with E-state index >= 15 is 0 Å². The lowest BCUT2D eigenvalue weighted by Gasteiger charge is -2.02. The molecule has 0 fully saturated rings. The lowest BCUT2D eigenvalue weighted by molar-refractivity contribution is -0.111. The van der Waals surface area contributed by atoms with E-state index in [1.54, 1.807) is 41.2 Å². The number of carbonyl (C=O) groups excluding carboxylic acids is 2. The average molecular weight is 332 g/mol. The monoisotopic (exact) mass is 332 g/mol. The molecular weight excluding hydrogens is 316 g/mol. The van der Waals surface area contributed by atoms with E-state index in [2.05, 4.69) is 10.4 Å². The molecule has 3 rings (SSSR count). The molecule has 2 amide bonds. The average Bonchev–Trinajstić information content (AvgIpc) is 3.10. The lowest BCUT2D eigenvalue weighted by Crippen LogP contribution is -2.11. The molecule has 0 saturated carbocycles. The summed E-state index contributed by atoms with van der Waals surface area (Å²) < 4.78 is 1.74. The van der Waals surface area contributed by atoms with Gasteiger partial charge in [-0.25, -0.2) is 4.68 Å². The van der Waals surface area contributed by atoms with Gasteiger partial charge in [-0.15, -0.1) is 0 Å². The first-order valence-electron chi connectivity index (χ1n) is 7.61. The standard InChI is InChI=1S/C19H16N4O2/c20-19(25)15-7-9-16(10-8-15)22-18(24)11-6-14-12-21-23(13-14)17-4-2-1-3-5-17/h1-13H,(H2,20,25)(H,22,24)/b11-6+. The number of amides is 2. The Hall–Kier alpha value is -3.67. The number of nitrogens with one attached hydrogen (secondary N) is 1. The molecule has 3 aromatic rings. The van der Waals surface area contributed by atoms with Crippen LogP contribution in [0, 0.1) is 0 Å². The van der Waals surface area contributed by atoms with Crippen LogP contribution in [0.15, 0.2) is 73.1 Å². The Balaban J connectivity index is 1.63. The maximum absolute atomic E-state index is 12.0. The zero-order valence-electron chi connectivity index (χ0n) is 13.3. The molecule has 0 spiro atoms. The van der Waals surface area contributed by atoms with E-state index < -0.39 is 5.91 Å². The van der Waals surface area contributed by atoms with Crippen LogP contribution >= 0.6 is 0 Å². The van der Waals surface area contributed by atoms with Crippen LogP contribution < -0.4 is 11.1 Å². The SMILES string of the molecule is NC(=O)c1ccc(NC(=O)/C=C/c2cnn(-c3ccccc3)c2)cc1. The highest BCUT2D eigenvalue weighted by Crippen LogP contribution is 2.11. The zero-order valence-corrected chi connectivity index (χ0v) is 13.3. The van der Waals surface area contributed by atoms with Crippen molar-refractivity contribution in [2.75, 3.05) is 5.32 Å². The number of aromatic nitrogens is 2. The number of nitrogens with two attached hydrogens (primary N) is 1. The van der Waals surface area contributed by atoms with Crippen LogP contribution in [0.25, 0.3) is 11.8 Å². The van der Waals surface area contributed by atoms with Crippen molar-refractivity contribution in [2.24, 2.45) is 5.73 Å². The number of benzene rings is 2. The molecular formula is C19H16N4O2. The normalized spacial score (nSPS) is 10.7. The number of rotatable bonds is 5. The summed E-state index contributed by atoms with van der Waals surface area (Å²) in [7, 11) is 0. The van der Waals surface area contributed by atoms with Crippen molar-refractivity contribution in [3.05, 3.63) is 84.2 Å². The quantitative estimate of drug-likeness (QED) is 0.704. The van der Waals surface area contributed by atoms with E-state index in [1.165, 1.54) is 6.08 Å². The molecule has 0 aliphatic heterocycles. The van der Waals surface area contributed by atoms with Gasteiger partial charge in [0.1, 0.15) is 0 Å². The second-order valence-electron chi connectivity index (χ2n) is 5.32. The smallest absolute Gasteiger partial charge is 0.248 e. The number of nitrogens with zero attached hydrogens (tertiary/aromatic N) is 2. The van der Waals surface area contributed by atoms with E-state index in [-0.39, 0.29) is 5.91 Å². The molecule has 6 nitrogen and oxygen atoms in total. The first kappa shape index (κ1) is 16.2. The molecule has 0 saturated heterocycles. The Kier molecular flexibility index (Phi) is 4.71. The van der Waals surface area contributed by atoms with Crippen molar-refractivity contribution in [1.82, 2.24) is 9.78 Å². The molecule has 0 aliphatic rings. The highest BCUT2D eigenvalue weighted by atomic mass is 16.1. The topological polar surface area (TPSA) is 90.0 Å². The summed E-state index contributed by atoms with van der Waals surface area (Å²) in [6, 6.07) is 16.1. The zero-order chi connectivity index (χ0) is 17.6. The Morgan fingerprint density at radius 1 is 1.04 bits per heavy atom.